The molecule has 3 saturated heterocycles. The van der Waals surface area contributed by atoms with Gasteiger partial charge in [0.2, 0.25) is 0 Å². The zero-order valence-corrected chi connectivity index (χ0v) is 34.3. The Morgan fingerprint density at radius 3 is 1.87 bits per heavy atom. The molecule has 6 fully saturated rings. The maximum Gasteiger partial charge on any atom is 0.330 e. The van der Waals surface area contributed by atoms with Crippen LogP contribution in [0.5, 0.6) is 0 Å². The van der Waals surface area contributed by atoms with Gasteiger partial charge >= 0.3 is 17.9 Å². The number of hydrogen-bond donors (Lipinski definition) is 11. The molecule has 0 radical (unpaired) electrons. The quantitative estimate of drug-likeness (QED) is 0.0340. The van der Waals surface area contributed by atoms with Crippen molar-refractivity contribution < 1.29 is 108 Å². The van der Waals surface area contributed by atoms with Crippen LogP contribution in [-0.4, -0.2) is 215 Å². The predicted octanol–water partition coefficient (Wildman–Crippen LogP) is -4.37. The second-order valence-electron chi connectivity index (χ2n) is 17.5. The molecule has 62 heavy (non-hydrogen) atoms. The highest BCUT2D eigenvalue weighted by Gasteiger charge is 2.57. The SMILES string of the molecule is COC1CC(C=CC(=O)OCC2OC(OC3CC4C(OC5OC(COC(=O)CC(=O)O)C(O)C(O)C5O)CC(O)CC4[OH+]C3C3CCC(O)C(O)C3)C(O)C(O)C2O)CCC1O. The first kappa shape index (κ1) is 49.0. The Kier molecular flexibility index (Phi) is 17.1. The van der Waals surface area contributed by atoms with E-state index in [9.17, 15) is 65.4 Å². The van der Waals surface area contributed by atoms with Crippen LogP contribution in [0.3, 0.4) is 0 Å². The summed E-state index contributed by atoms with van der Waals surface area (Å²) >= 11 is 0. The minimum Gasteiger partial charge on any atom is -0.481 e. The van der Waals surface area contributed by atoms with E-state index >= 15 is 0 Å². The largest absolute Gasteiger partial charge is 0.481 e. The number of rotatable bonds is 14. The van der Waals surface area contributed by atoms with Gasteiger partial charge in [0.15, 0.2) is 24.8 Å². The van der Waals surface area contributed by atoms with Crippen LogP contribution in [0.1, 0.15) is 64.2 Å². The number of allylic oxidation sites excluding steroid dienone is 1. The van der Waals surface area contributed by atoms with Gasteiger partial charge in [0.1, 0.15) is 74.6 Å². The second kappa shape index (κ2) is 21.7. The fourth-order valence-electron chi connectivity index (χ4n) is 9.66. The van der Waals surface area contributed by atoms with Crippen molar-refractivity contribution >= 4 is 17.9 Å². The van der Waals surface area contributed by atoms with Gasteiger partial charge in [0.25, 0.3) is 0 Å². The molecule has 3 aliphatic carbocycles. The van der Waals surface area contributed by atoms with Gasteiger partial charge in [-0.05, 0) is 50.9 Å². The van der Waals surface area contributed by atoms with Crippen molar-refractivity contribution in [2.45, 2.75) is 181 Å². The number of carbonyl (C=O) groups is 3. The van der Waals surface area contributed by atoms with Gasteiger partial charge in [-0.15, -0.1) is 0 Å². The average Bonchev–Trinajstić information content (AvgIpc) is 3.23. The molecule has 0 aromatic heterocycles. The number of esters is 2. The molecule has 3 saturated carbocycles. The van der Waals surface area contributed by atoms with Crippen molar-refractivity contribution in [2.24, 2.45) is 17.8 Å². The third-order valence-electron chi connectivity index (χ3n) is 13.2. The van der Waals surface area contributed by atoms with E-state index in [0.29, 0.717) is 25.7 Å². The summed E-state index contributed by atoms with van der Waals surface area (Å²) in [6, 6.07) is 0. The van der Waals surface area contributed by atoms with Gasteiger partial charge in [0.05, 0.1) is 42.5 Å². The molecule has 22 nitrogen and oxygen atoms in total. The number of ether oxygens (including phenoxy) is 8. The number of carboxylic acids is 1. The smallest absolute Gasteiger partial charge is 0.330 e. The van der Waals surface area contributed by atoms with Crippen molar-refractivity contribution in [3.8, 4) is 0 Å². The van der Waals surface area contributed by atoms with Crippen LogP contribution in [0.15, 0.2) is 12.2 Å². The lowest BCUT2D eigenvalue weighted by Gasteiger charge is -2.50. The van der Waals surface area contributed by atoms with Crippen molar-refractivity contribution in [2.75, 3.05) is 20.3 Å². The molecule has 3 heterocycles. The van der Waals surface area contributed by atoms with Gasteiger partial charge in [-0.25, -0.2) is 4.79 Å². The molecule has 354 valence electrons. The van der Waals surface area contributed by atoms with Gasteiger partial charge < -0.3 is 94.1 Å². The maximum atomic E-state index is 12.7. The third kappa shape index (κ3) is 11.8. The lowest BCUT2D eigenvalue weighted by atomic mass is 9.72. The molecule has 6 rings (SSSR count). The molecule has 22 unspecified atom stereocenters. The fraction of sp³-hybridized carbons (Fsp3) is 0.875. The topological polar surface area (TPSA) is 351 Å². The summed E-state index contributed by atoms with van der Waals surface area (Å²) in [4.78, 5) is 35.5. The molecular formula is C40H63O22+. The number of aliphatic hydroxyl groups excluding tert-OH is 10. The van der Waals surface area contributed by atoms with Crippen LogP contribution in [0, 0.1) is 17.8 Å². The zero-order chi connectivity index (χ0) is 45.0. The maximum absolute atomic E-state index is 12.7. The minimum absolute atomic E-state index is 0.0170. The van der Waals surface area contributed by atoms with Gasteiger partial charge in [-0.3, -0.25) is 9.59 Å². The first-order valence-electron chi connectivity index (χ1n) is 21.3. The van der Waals surface area contributed by atoms with Gasteiger partial charge in [0, 0.05) is 31.9 Å². The molecule has 0 aromatic carbocycles. The summed E-state index contributed by atoms with van der Waals surface area (Å²) in [5.41, 5.74) is 0. The van der Waals surface area contributed by atoms with E-state index in [0.717, 1.165) is 0 Å². The molecule has 22 heteroatoms. The lowest BCUT2D eigenvalue weighted by molar-refractivity contribution is -0.367. The number of methoxy groups -OCH3 is 1. The molecule has 0 spiro atoms. The van der Waals surface area contributed by atoms with Crippen molar-refractivity contribution in [1.29, 1.82) is 0 Å². The van der Waals surface area contributed by atoms with Crippen LogP contribution in [0.2, 0.25) is 0 Å². The zero-order valence-electron chi connectivity index (χ0n) is 34.3. The van der Waals surface area contributed by atoms with Crippen molar-refractivity contribution in [1.82, 2.24) is 0 Å². The number of hydrogen-bond acceptors (Lipinski definition) is 20. The molecular weight excluding hydrogens is 832 g/mol. The first-order chi connectivity index (χ1) is 29.4. The molecule has 12 N–H and O–H groups in total. The van der Waals surface area contributed by atoms with Crippen LogP contribution >= 0.6 is 0 Å². The highest BCUT2D eigenvalue weighted by molar-refractivity contribution is 5.90. The molecule has 0 amide bonds. The molecule has 0 bridgehead atoms. The Hall–Kier alpha value is -2.49. The van der Waals surface area contributed by atoms with Gasteiger partial charge in [-0.1, -0.05) is 6.08 Å². The summed E-state index contributed by atoms with van der Waals surface area (Å²) in [6.07, 6.45) is -19.5. The average molecular weight is 896 g/mol. The third-order valence-corrected chi connectivity index (χ3v) is 13.2. The summed E-state index contributed by atoms with van der Waals surface area (Å²) in [6.45, 7) is -1.22. The Labute approximate surface area is 356 Å². The Morgan fingerprint density at radius 2 is 1.26 bits per heavy atom. The number of aliphatic carboxylic acids is 1. The van der Waals surface area contributed by atoms with Crippen LogP contribution in [-0.2, 0) is 47.5 Å². The highest BCUT2D eigenvalue weighted by Crippen LogP contribution is 2.44. The highest BCUT2D eigenvalue weighted by atomic mass is 16.7. The normalized spacial score (nSPS) is 46.4. The van der Waals surface area contributed by atoms with E-state index < -0.39 is 154 Å². The van der Waals surface area contributed by atoms with E-state index in [-0.39, 0.29) is 50.0 Å². The Balaban J connectivity index is 1.15. The van der Waals surface area contributed by atoms with E-state index in [2.05, 4.69) is 0 Å². The van der Waals surface area contributed by atoms with Crippen LogP contribution in [0.4, 0.5) is 0 Å². The van der Waals surface area contributed by atoms with E-state index in [4.69, 9.17) is 43.0 Å². The summed E-state index contributed by atoms with van der Waals surface area (Å²) < 4.78 is 44.9. The van der Waals surface area contributed by atoms with Crippen molar-refractivity contribution in [3.63, 3.8) is 0 Å². The number of fused-ring (bicyclic) bond motifs is 1. The summed E-state index contributed by atoms with van der Waals surface area (Å²) in [7, 11) is 1.50. The van der Waals surface area contributed by atoms with E-state index in [1.54, 1.807) is 6.08 Å². The number of carbonyl (C=O) groups excluding carboxylic acids is 2. The first-order valence-corrected chi connectivity index (χ1v) is 21.3. The van der Waals surface area contributed by atoms with E-state index in [1.165, 1.54) is 13.2 Å². The molecule has 22 atom stereocenters. The monoisotopic (exact) mass is 895 g/mol. The standard InChI is InChI=1S/C40H62O22/c1-55-25-8-16(2-5-21(25)43)3-7-30(47)56-14-27-32(49)35(52)37(54)40(62-27)60-26-12-19-23(58-38(26)17-4-6-20(42)22(44)9-17)10-18(41)11-24(19)59-39-36(53)34(51)33(50)28(61-39)15-57-31(48)13-29(45)46/h3,7,16-28,32-44,49-54H,2,4-6,8-15H2,1H3,(H,45,46)/p+1. The van der Waals surface area contributed by atoms with E-state index in [1.807, 2.05) is 0 Å². The second-order valence-corrected chi connectivity index (χ2v) is 17.5. The molecule has 0 aromatic rings. The van der Waals surface area contributed by atoms with Crippen LogP contribution in [0.25, 0.3) is 0 Å². The lowest BCUT2D eigenvalue weighted by Crippen LogP contribution is -2.64. The Bertz CT molecular complexity index is 1520. The summed E-state index contributed by atoms with van der Waals surface area (Å²) in [5, 5.41) is 116. The minimum atomic E-state index is -1.85. The fourth-order valence-corrected chi connectivity index (χ4v) is 9.66. The Morgan fingerprint density at radius 1 is 0.645 bits per heavy atom. The number of carboxylic acid groups (broad SMARTS) is 1. The van der Waals surface area contributed by atoms with Gasteiger partial charge in [-0.2, -0.15) is 0 Å². The summed E-state index contributed by atoms with van der Waals surface area (Å²) in [5.74, 6) is -4.38. The van der Waals surface area contributed by atoms with Crippen molar-refractivity contribution in [3.05, 3.63) is 12.2 Å². The van der Waals surface area contributed by atoms with Crippen LogP contribution < -0.4 is 0 Å². The predicted molar refractivity (Wildman–Crippen MR) is 203 cm³/mol. The number of aliphatic hydroxyl groups is 12. The molecule has 3 aliphatic heterocycles. The molecule has 6 aliphatic rings.